The molecule has 0 bridgehead atoms. The molecule has 3 rings (SSSR count). The summed E-state index contributed by atoms with van der Waals surface area (Å²) in [5, 5.41) is 18.8. The van der Waals surface area contributed by atoms with E-state index in [0.717, 1.165) is 25.9 Å². The second-order valence-corrected chi connectivity index (χ2v) is 6.49. The first-order valence-corrected chi connectivity index (χ1v) is 8.79. The van der Waals surface area contributed by atoms with Gasteiger partial charge < -0.3 is 15.1 Å². The van der Waals surface area contributed by atoms with Gasteiger partial charge in [0, 0.05) is 36.8 Å². The van der Waals surface area contributed by atoms with Crippen LogP contribution in [-0.2, 0) is 4.79 Å². The summed E-state index contributed by atoms with van der Waals surface area (Å²) < 4.78 is 0. The molecule has 1 saturated heterocycles. The number of Topliss-reactive ketones (excluding diaryl/α,β-unsaturated/α-hetero) is 1. The number of aromatic nitrogens is 1. The van der Waals surface area contributed by atoms with Crippen LogP contribution in [0.4, 0.5) is 0 Å². The number of carboxylic acid groups (broad SMARTS) is 1. The first-order chi connectivity index (χ1) is 13.0. The van der Waals surface area contributed by atoms with Gasteiger partial charge in [0.1, 0.15) is 11.4 Å². The summed E-state index contributed by atoms with van der Waals surface area (Å²) in [6, 6.07) is 8.45. The molecule has 27 heavy (non-hydrogen) atoms. The lowest BCUT2D eigenvalue weighted by Gasteiger charge is -2.15. The molecule has 7 nitrogen and oxygen atoms in total. The number of hydrogen-bond acceptors (Lipinski definition) is 5. The number of amides is 1. The van der Waals surface area contributed by atoms with Crippen LogP contribution in [0.5, 0.6) is 5.75 Å². The van der Waals surface area contributed by atoms with Crippen LogP contribution in [0.15, 0.2) is 36.5 Å². The third-order valence-electron chi connectivity index (χ3n) is 4.53. The monoisotopic (exact) mass is 368 g/mol. The van der Waals surface area contributed by atoms with Crippen molar-refractivity contribution in [3.05, 3.63) is 47.8 Å². The molecule has 2 N–H and O–H groups in total. The van der Waals surface area contributed by atoms with Crippen molar-refractivity contribution in [3.63, 3.8) is 0 Å². The number of likely N-dealkylation sites (tertiary alicyclic amines) is 1. The fraction of sp³-hybridized carbons (Fsp3) is 0.300. The first kappa shape index (κ1) is 18.6. The molecule has 140 valence electrons. The zero-order valence-corrected chi connectivity index (χ0v) is 14.7. The van der Waals surface area contributed by atoms with Crippen LogP contribution in [0, 0.1) is 0 Å². The number of aliphatic carboxylic acids is 1. The number of carbonyl (C=O) groups excluding carboxylic acids is 2. The smallest absolute Gasteiger partial charge is 0.303 e. The average molecular weight is 368 g/mol. The Morgan fingerprint density at radius 1 is 1.04 bits per heavy atom. The number of rotatable bonds is 6. The van der Waals surface area contributed by atoms with E-state index in [2.05, 4.69) is 4.98 Å². The zero-order valence-electron chi connectivity index (χ0n) is 14.7. The second kappa shape index (κ2) is 7.99. The fourth-order valence-electron chi connectivity index (χ4n) is 3.10. The predicted molar refractivity (Wildman–Crippen MR) is 97.7 cm³/mol. The van der Waals surface area contributed by atoms with E-state index < -0.39 is 11.8 Å². The van der Waals surface area contributed by atoms with Crippen LogP contribution in [0.2, 0.25) is 0 Å². The molecule has 0 spiro atoms. The molecular weight excluding hydrogens is 348 g/mol. The van der Waals surface area contributed by atoms with Gasteiger partial charge in [-0.3, -0.25) is 14.4 Å². The molecular formula is C20H20N2O5. The van der Waals surface area contributed by atoms with Gasteiger partial charge in [0.15, 0.2) is 5.78 Å². The maximum Gasteiger partial charge on any atom is 0.303 e. The molecule has 0 atom stereocenters. The lowest BCUT2D eigenvalue weighted by Crippen LogP contribution is -2.27. The highest BCUT2D eigenvalue weighted by atomic mass is 16.4. The molecule has 0 saturated carbocycles. The van der Waals surface area contributed by atoms with Crippen LogP contribution >= 0.6 is 0 Å². The summed E-state index contributed by atoms with van der Waals surface area (Å²) in [5.41, 5.74) is 1.69. The predicted octanol–water partition coefficient (Wildman–Crippen LogP) is 2.74. The average Bonchev–Trinajstić information content (AvgIpc) is 3.20. The Balaban J connectivity index is 1.81. The van der Waals surface area contributed by atoms with E-state index in [0.29, 0.717) is 16.7 Å². The summed E-state index contributed by atoms with van der Waals surface area (Å²) in [6.07, 6.45) is 2.92. The molecule has 0 aliphatic carbocycles. The fourth-order valence-corrected chi connectivity index (χ4v) is 3.10. The highest BCUT2D eigenvalue weighted by molar-refractivity contribution is 5.98. The number of aromatic hydroxyl groups is 1. The van der Waals surface area contributed by atoms with Crippen molar-refractivity contribution in [2.45, 2.75) is 25.7 Å². The summed E-state index contributed by atoms with van der Waals surface area (Å²) in [5.74, 6) is -1.94. The highest BCUT2D eigenvalue weighted by Crippen LogP contribution is 2.27. The lowest BCUT2D eigenvalue weighted by molar-refractivity contribution is -0.136. The van der Waals surface area contributed by atoms with Gasteiger partial charge in [0.05, 0.1) is 6.42 Å². The number of hydrogen-bond donors (Lipinski definition) is 2. The summed E-state index contributed by atoms with van der Waals surface area (Å²) in [6.45, 7) is 1.52. The third-order valence-corrected chi connectivity index (χ3v) is 4.53. The molecule has 0 unspecified atom stereocenters. The van der Waals surface area contributed by atoms with Gasteiger partial charge in [0.25, 0.3) is 5.91 Å². The molecule has 1 aromatic heterocycles. The summed E-state index contributed by atoms with van der Waals surface area (Å²) in [7, 11) is 0. The van der Waals surface area contributed by atoms with Crippen LogP contribution in [0.3, 0.4) is 0 Å². The number of carboxylic acids is 1. The second-order valence-electron chi connectivity index (χ2n) is 6.49. The number of benzene rings is 1. The number of nitrogens with zero attached hydrogens (tertiary/aromatic N) is 2. The van der Waals surface area contributed by atoms with Crippen molar-refractivity contribution >= 4 is 17.7 Å². The Bertz CT molecular complexity index is 888. The Labute approximate surface area is 156 Å². The minimum absolute atomic E-state index is 0.0213. The summed E-state index contributed by atoms with van der Waals surface area (Å²) >= 11 is 0. The van der Waals surface area contributed by atoms with Gasteiger partial charge in [0.2, 0.25) is 0 Å². The largest absolute Gasteiger partial charge is 0.506 e. The van der Waals surface area contributed by atoms with Crippen molar-refractivity contribution in [3.8, 4) is 16.9 Å². The number of carbonyl (C=O) groups is 3. The van der Waals surface area contributed by atoms with Gasteiger partial charge >= 0.3 is 5.97 Å². The van der Waals surface area contributed by atoms with E-state index in [-0.39, 0.29) is 30.2 Å². The number of ketones is 1. The Morgan fingerprint density at radius 3 is 2.44 bits per heavy atom. The topological polar surface area (TPSA) is 108 Å². The Hall–Kier alpha value is -3.22. The van der Waals surface area contributed by atoms with Crippen molar-refractivity contribution < 1.29 is 24.6 Å². The molecule has 2 aromatic rings. The number of pyridine rings is 1. The minimum atomic E-state index is -1.08. The van der Waals surface area contributed by atoms with E-state index in [4.69, 9.17) is 5.11 Å². The molecule has 2 heterocycles. The minimum Gasteiger partial charge on any atom is -0.506 e. The van der Waals surface area contributed by atoms with Crippen molar-refractivity contribution in [1.29, 1.82) is 0 Å². The lowest BCUT2D eigenvalue weighted by atomic mass is 10.0. The molecule has 1 aliphatic heterocycles. The highest BCUT2D eigenvalue weighted by Gasteiger charge is 2.20. The Morgan fingerprint density at radius 2 is 1.78 bits per heavy atom. The Kier molecular flexibility index (Phi) is 5.49. The maximum absolute atomic E-state index is 12.5. The van der Waals surface area contributed by atoms with Crippen LogP contribution in [-0.4, -0.2) is 50.8 Å². The van der Waals surface area contributed by atoms with Gasteiger partial charge in [-0.1, -0.05) is 12.1 Å². The van der Waals surface area contributed by atoms with E-state index in [1.165, 1.54) is 12.3 Å². The van der Waals surface area contributed by atoms with Crippen LogP contribution in [0.1, 0.15) is 46.5 Å². The van der Waals surface area contributed by atoms with E-state index in [9.17, 15) is 19.5 Å². The van der Waals surface area contributed by atoms with Gasteiger partial charge in [-0.25, -0.2) is 4.98 Å². The quantitative estimate of drug-likeness (QED) is 0.759. The molecule has 7 heteroatoms. The third kappa shape index (κ3) is 4.31. The van der Waals surface area contributed by atoms with Crippen molar-refractivity contribution in [2.75, 3.05) is 13.1 Å². The molecule has 0 radical (unpaired) electrons. The van der Waals surface area contributed by atoms with Gasteiger partial charge in [-0.05, 0) is 36.6 Å². The zero-order chi connectivity index (χ0) is 19.4. The SMILES string of the molecule is O=C(O)CCC(=O)c1ncc(-c2cccc(C(=O)N3CCCC3)c2)cc1O. The van der Waals surface area contributed by atoms with E-state index >= 15 is 0 Å². The van der Waals surface area contributed by atoms with Crippen molar-refractivity contribution in [2.24, 2.45) is 0 Å². The molecule has 1 aliphatic rings. The first-order valence-electron chi connectivity index (χ1n) is 8.79. The van der Waals surface area contributed by atoms with Crippen LogP contribution in [0.25, 0.3) is 11.1 Å². The standard InChI is InChI=1S/C20H20N2O5/c23-16(6-7-18(25)26)19-17(24)11-15(12-21-19)13-4-3-5-14(10-13)20(27)22-8-1-2-9-22/h3-5,10-12,24H,1-2,6-9H2,(H,25,26). The van der Waals surface area contributed by atoms with E-state index in [1.807, 2.05) is 4.90 Å². The van der Waals surface area contributed by atoms with Crippen molar-refractivity contribution in [1.82, 2.24) is 9.88 Å². The van der Waals surface area contributed by atoms with Gasteiger partial charge in [-0.2, -0.15) is 0 Å². The van der Waals surface area contributed by atoms with Gasteiger partial charge in [-0.15, -0.1) is 0 Å². The molecule has 1 amide bonds. The maximum atomic E-state index is 12.5. The van der Waals surface area contributed by atoms with E-state index in [1.54, 1.807) is 24.3 Å². The summed E-state index contributed by atoms with van der Waals surface area (Å²) in [4.78, 5) is 40.9. The normalized spacial score (nSPS) is 13.6. The molecule has 1 aromatic carbocycles. The van der Waals surface area contributed by atoms with Crippen LogP contribution < -0.4 is 0 Å². The molecule has 1 fully saturated rings.